The molecule has 1 rings (SSSR count). The maximum Gasteiger partial charge on any atom is 0.211 e. The second-order valence-corrected chi connectivity index (χ2v) is 1.99. The minimum absolute atomic E-state index is 0.460. The van der Waals surface area contributed by atoms with Crippen molar-refractivity contribution in [1.82, 2.24) is 4.42 Å². The van der Waals surface area contributed by atoms with Crippen molar-refractivity contribution in [1.29, 1.82) is 0 Å². The Morgan fingerprint density at radius 3 is 3.11 bits per heavy atom. The van der Waals surface area contributed by atoms with Crippen molar-refractivity contribution in [2.75, 3.05) is 13.8 Å². The van der Waals surface area contributed by atoms with Gasteiger partial charge in [0, 0.05) is 24.1 Å². The Labute approximate surface area is 58.7 Å². The summed E-state index contributed by atoms with van der Waals surface area (Å²) in [7, 11) is 1.58. The van der Waals surface area contributed by atoms with E-state index in [0.717, 1.165) is 0 Å². The Kier molecular flexibility index (Phi) is 1.95. The van der Waals surface area contributed by atoms with Gasteiger partial charge in [0.15, 0.2) is 0 Å². The van der Waals surface area contributed by atoms with E-state index in [9.17, 15) is 0 Å². The number of ether oxygens (including phenoxy) is 1. The van der Waals surface area contributed by atoms with Gasteiger partial charge in [-0.15, -0.1) is 0 Å². The van der Waals surface area contributed by atoms with Gasteiger partial charge in [0.25, 0.3) is 0 Å². The lowest BCUT2D eigenvalue weighted by molar-refractivity contribution is 0.397. The summed E-state index contributed by atoms with van der Waals surface area (Å²) in [5, 5.41) is 0. The van der Waals surface area contributed by atoms with E-state index in [-0.39, 0.29) is 0 Å². The number of hydrogen-bond acceptors (Lipinski definition) is 3. The first-order chi connectivity index (χ1) is 4.33. The van der Waals surface area contributed by atoms with Crippen molar-refractivity contribution in [2.45, 2.75) is 0 Å². The highest BCUT2D eigenvalue weighted by Gasteiger charge is 2.00. The molecule has 50 valence electrons. The van der Waals surface area contributed by atoms with Crippen LogP contribution in [0.1, 0.15) is 0 Å². The van der Waals surface area contributed by atoms with Crippen LogP contribution in [0.4, 0.5) is 0 Å². The van der Waals surface area contributed by atoms with Crippen LogP contribution < -0.4 is 0 Å². The normalized spacial score (nSPS) is 17.6. The van der Waals surface area contributed by atoms with Gasteiger partial charge in [-0.05, 0) is 0 Å². The molecule has 0 aromatic rings. The summed E-state index contributed by atoms with van der Waals surface area (Å²) in [6.07, 6.45) is 3.41. The molecular weight excluding hydrogens is 140 g/mol. The maximum atomic E-state index is 5.52. The van der Waals surface area contributed by atoms with Gasteiger partial charge in [-0.25, -0.2) is 4.99 Å². The molecule has 9 heavy (non-hydrogen) atoms. The van der Waals surface area contributed by atoms with Crippen molar-refractivity contribution in [3.05, 3.63) is 12.3 Å². The minimum atomic E-state index is 0.460. The van der Waals surface area contributed by atoms with Gasteiger partial charge in [-0.3, -0.25) is 4.42 Å². The quantitative estimate of drug-likeness (QED) is 0.476. The molecule has 0 radical (unpaired) electrons. The Bertz CT molecular complexity index is 155. The zero-order valence-corrected chi connectivity index (χ0v) is 5.80. The fourth-order valence-electron chi connectivity index (χ4n) is 0.514. The number of hydrogen-bond donors (Lipinski definition) is 0. The first-order valence-corrected chi connectivity index (χ1v) is 2.86. The molecule has 0 aromatic carbocycles. The average molecular weight is 147 g/mol. The predicted molar refractivity (Wildman–Crippen MR) is 36.1 cm³/mol. The van der Waals surface area contributed by atoms with E-state index in [2.05, 4.69) is 4.99 Å². The summed E-state index contributed by atoms with van der Waals surface area (Å²) < 4.78 is 6.26. The standard InChI is InChI=1S/C5H7ClN2O/c1-9-5-2-3-8(6)4-7-5/h2-3H,4H2,1H3. The lowest BCUT2D eigenvalue weighted by Crippen LogP contribution is -2.12. The average Bonchev–Trinajstić information content (AvgIpc) is 1.90. The van der Waals surface area contributed by atoms with Gasteiger partial charge in [-0.2, -0.15) is 0 Å². The van der Waals surface area contributed by atoms with Gasteiger partial charge < -0.3 is 4.74 Å². The van der Waals surface area contributed by atoms with Crippen molar-refractivity contribution in [3.8, 4) is 0 Å². The third-order valence-electron chi connectivity index (χ3n) is 0.950. The third-order valence-corrected chi connectivity index (χ3v) is 1.17. The van der Waals surface area contributed by atoms with Gasteiger partial charge >= 0.3 is 0 Å². The summed E-state index contributed by atoms with van der Waals surface area (Å²) in [6, 6.07) is 0. The molecule has 0 aromatic heterocycles. The van der Waals surface area contributed by atoms with Gasteiger partial charge in [0.05, 0.1) is 7.11 Å². The van der Waals surface area contributed by atoms with Crippen LogP contribution in [0.25, 0.3) is 0 Å². The molecule has 0 fully saturated rings. The van der Waals surface area contributed by atoms with Crippen LogP contribution in [0.5, 0.6) is 0 Å². The number of methoxy groups -OCH3 is 1. The highest BCUT2D eigenvalue weighted by molar-refractivity contribution is 6.14. The van der Waals surface area contributed by atoms with Crippen LogP contribution in [-0.4, -0.2) is 24.1 Å². The Morgan fingerprint density at radius 2 is 2.67 bits per heavy atom. The zero-order chi connectivity index (χ0) is 6.69. The van der Waals surface area contributed by atoms with E-state index in [0.29, 0.717) is 12.6 Å². The smallest absolute Gasteiger partial charge is 0.211 e. The molecule has 0 bridgehead atoms. The number of rotatable bonds is 0. The van der Waals surface area contributed by atoms with Crippen LogP contribution in [0.2, 0.25) is 0 Å². The molecular formula is C5H7ClN2O. The van der Waals surface area contributed by atoms with Crippen molar-refractivity contribution >= 4 is 17.7 Å². The van der Waals surface area contributed by atoms with Crippen LogP contribution in [-0.2, 0) is 4.74 Å². The predicted octanol–water partition coefficient (Wildman–Crippen LogP) is 0.972. The summed E-state index contributed by atoms with van der Waals surface area (Å²) in [4.78, 5) is 3.93. The monoisotopic (exact) mass is 146 g/mol. The fourth-order valence-corrected chi connectivity index (χ4v) is 0.624. The molecule has 3 nitrogen and oxygen atoms in total. The van der Waals surface area contributed by atoms with Crippen LogP contribution in [0.3, 0.4) is 0 Å². The molecule has 0 unspecified atom stereocenters. The topological polar surface area (TPSA) is 24.8 Å². The fraction of sp³-hybridized carbons (Fsp3) is 0.400. The summed E-state index contributed by atoms with van der Waals surface area (Å²) >= 11 is 5.52. The molecule has 0 N–H and O–H groups in total. The lowest BCUT2D eigenvalue weighted by Gasteiger charge is -2.11. The van der Waals surface area contributed by atoms with Crippen LogP contribution >= 0.6 is 11.8 Å². The second kappa shape index (κ2) is 2.73. The molecule has 4 heteroatoms. The van der Waals surface area contributed by atoms with E-state index < -0.39 is 0 Å². The van der Waals surface area contributed by atoms with Crippen LogP contribution in [0.15, 0.2) is 17.3 Å². The number of nitrogens with zero attached hydrogens (tertiary/aromatic N) is 2. The van der Waals surface area contributed by atoms with E-state index in [1.54, 1.807) is 19.4 Å². The van der Waals surface area contributed by atoms with Gasteiger partial charge in [0.2, 0.25) is 5.90 Å². The zero-order valence-electron chi connectivity index (χ0n) is 5.04. The third kappa shape index (κ3) is 1.61. The Morgan fingerprint density at radius 1 is 1.89 bits per heavy atom. The molecule has 1 aliphatic heterocycles. The van der Waals surface area contributed by atoms with Crippen molar-refractivity contribution < 1.29 is 4.74 Å². The van der Waals surface area contributed by atoms with Crippen LogP contribution in [0, 0.1) is 0 Å². The van der Waals surface area contributed by atoms with Gasteiger partial charge in [0.1, 0.15) is 6.67 Å². The first kappa shape index (κ1) is 6.42. The molecule has 0 aliphatic carbocycles. The lowest BCUT2D eigenvalue weighted by atomic mass is 10.5. The highest BCUT2D eigenvalue weighted by atomic mass is 35.5. The summed E-state index contributed by atoms with van der Waals surface area (Å²) in [5.41, 5.74) is 0. The maximum absolute atomic E-state index is 5.52. The molecule has 1 aliphatic rings. The van der Waals surface area contributed by atoms with E-state index in [4.69, 9.17) is 16.5 Å². The SMILES string of the molecule is COC1=NCN(Cl)C=C1. The van der Waals surface area contributed by atoms with E-state index in [1.165, 1.54) is 4.42 Å². The number of halogens is 1. The number of aliphatic imine (C=N–C) groups is 1. The summed E-state index contributed by atoms with van der Waals surface area (Å²) in [5.74, 6) is 0.618. The molecule has 0 atom stereocenters. The minimum Gasteiger partial charge on any atom is -0.481 e. The molecule has 0 saturated carbocycles. The van der Waals surface area contributed by atoms with E-state index in [1.807, 2.05) is 0 Å². The molecule has 0 saturated heterocycles. The van der Waals surface area contributed by atoms with Crippen molar-refractivity contribution in [3.63, 3.8) is 0 Å². The second-order valence-electron chi connectivity index (χ2n) is 1.56. The first-order valence-electron chi connectivity index (χ1n) is 2.52. The molecule has 0 spiro atoms. The largest absolute Gasteiger partial charge is 0.481 e. The Hall–Kier alpha value is -0.700. The summed E-state index contributed by atoms with van der Waals surface area (Å²) in [6.45, 7) is 0.460. The van der Waals surface area contributed by atoms with Gasteiger partial charge in [-0.1, -0.05) is 0 Å². The highest BCUT2D eigenvalue weighted by Crippen LogP contribution is 2.01. The van der Waals surface area contributed by atoms with E-state index >= 15 is 0 Å². The molecule has 0 amide bonds. The Balaban J connectivity index is 2.52. The van der Waals surface area contributed by atoms with Crippen molar-refractivity contribution in [2.24, 2.45) is 4.99 Å². The molecule has 1 heterocycles.